The number of benzene rings is 1. The molecular weight excluding hydrogens is 197 g/mol. The zero-order chi connectivity index (χ0) is 11.3. The molecule has 0 aliphatic heterocycles. The van der Waals surface area contributed by atoms with Crippen LogP contribution in [0.15, 0.2) is 24.3 Å². The minimum absolute atomic E-state index is 0.0871. The van der Waals surface area contributed by atoms with E-state index in [1.165, 1.54) is 12.1 Å². The van der Waals surface area contributed by atoms with E-state index in [1.807, 2.05) is 0 Å². The predicted molar refractivity (Wildman–Crippen MR) is 56.1 cm³/mol. The Bertz CT molecular complexity index is 322. The second-order valence-corrected chi connectivity index (χ2v) is 3.40. The summed E-state index contributed by atoms with van der Waals surface area (Å²) >= 11 is 0. The van der Waals surface area contributed by atoms with Crippen LogP contribution >= 0.6 is 0 Å². The third kappa shape index (κ3) is 4.44. The molecule has 82 valence electrons. The quantitative estimate of drug-likeness (QED) is 0.776. The van der Waals surface area contributed by atoms with Crippen molar-refractivity contribution in [2.45, 2.75) is 20.0 Å². The van der Waals surface area contributed by atoms with Crippen molar-refractivity contribution < 1.29 is 13.9 Å². The van der Waals surface area contributed by atoms with Gasteiger partial charge in [-0.05, 0) is 38.1 Å². The Morgan fingerprint density at radius 2 is 2.00 bits per heavy atom. The van der Waals surface area contributed by atoms with Crippen LogP contribution in [-0.4, -0.2) is 18.6 Å². The lowest BCUT2D eigenvalue weighted by Gasteiger charge is -2.09. The number of ether oxygens (including phenoxy) is 1. The van der Waals surface area contributed by atoms with Gasteiger partial charge in [0.05, 0.1) is 6.10 Å². The van der Waals surface area contributed by atoms with Gasteiger partial charge in [0, 0.05) is 5.69 Å². The fourth-order valence-electron chi connectivity index (χ4n) is 1.05. The van der Waals surface area contributed by atoms with E-state index in [4.69, 9.17) is 4.74 Å². The van der Waals surface area contributed by atoms with E-state index in [0.717, 1.165) is 0 Å². The van der Waals surface area contributed by atoms with Gasteiger partial charge in [-0.15, -0.1) is 0 Å². The van der Waals surface area contributed by atoms with Crippen LogP contribution < -0.4 is 5.32 Å². The molecule has 0 radical (unpaired) electrons. The van der Waals surface area contributed by atoms with Crippen molar-refractivity contribution in [1.82, 2.24) is 0 Å². The standard InChI is InChI=1S/C11H14FNO2/c1-8(2)15-11(14)7-13-10-5-3-9(12)4-6-10/h3-6,8,13H,7H2,1-2H3. The third-order valence-electron chi connectivity index (χ3n) is 1.65. The summed E-state index contributed by atoms with van der Waals surface area (Å²) in [5.74, 6) is -0.625. The summed E-state index contributed by atoms with van der Waals surface area (Å²) in [6, 6.07) is 5.79. The first-order valence-electron chi connectivity index (χ1n) is 4.77. The Hall–Kier alpha value is -1.58. The first-order valence-corrected chi connectivity index (χ1v) is 4.77. The van der Waals surface area contributed by atoms with Gasteiger partial charge in [0.1, 0.15) is 12.4 Å². The van der Waals surface area contributed by atoms with Crippen molar-refractivity contribution in [3.63, 3.8) is 0 Å². The van der Waals surface area contributed by atoms with Gasteiger partial charge in [-0.2, -0.15) is 0 Å². The lowest BCUT2D eigenvalue weighted by Crippen LogP contribution is -2.20. The molecule has 1 rings (SSSR count). The topological polar surface area (TPSA) is 38.3 Å². The number of rotatable bonds is 4. The molecule has 3 nitrogen and oxygen atoms in total. The molecule has 0 amide bonds. The van der Waals surface area contributed by atoms with Gasteiger partial charge >= 0.3 is 5.97 Å². The molecule has 0 spiro atoms. The molecule has 1 aromatic rings. The fourth-order valence-corrected chi connectivity index (χ4v) is 1.05. The first kappa shape index (κ1) is 11.5. The molecule has 1 N–H and O–H groups in total. The number of anilines is 1. The Balaban J connectivity index is 2.37. The highest BCUT2D eigenvalue weighted by atomic mass is 19.1. The van der Waals surface area contributed by atoms with Gasteiger partial charge in [-0.3, -0.25) is 4.79 Å². The van der Waals surface area contributed by atoms with E-state index >= 15 is 0 Å². The van der Waals surface area contributed by atoms with E-state index < -0.39 is 0 Å². The molecule has 15 heavy (non-hydrogen) atoms. The van der Waals surface area contributed by atoms with E-state index in [0.29, 0.717) is 5.69 Å². The number of nitrogens with one attached hydrogen (secondary N) is 1. The maximum absolute atomic E-state index is 12.5. The molecule has 0 bridgehead atoms. The van der Waals surface area contributed by atoms with Crippen LogP contribution in [0.4, 0.5) is 10.1 Å². The maximum Gasteiger partial charge on any atom is 0.325 e. The van der Waals surface area contributed by atoms with E-state index in [-0.39, 0.29) is 24.4 Å². The molecule has 0 saturated heterocycles. The maximum atomic E-state index is 12.5. The zero-order valence-electron chi connectivity index (χ0n) is 8.79. The van der Waals surface area contributed by atoms with Crippen LogP contribution in [0.3, 0.4) is 0 Å². The molecule has 0 saturated carbocycles. The normalized spacial score (nSPS) is 10.1. The van der Waals surface area contributed by atoms with Gasteiger partial charge in [-0.1, -0.05) is 0 Å². The zero-order valence-corrected chi connectivity index (χ0v) is 8.79. The molecule has 0 aliphatic rings. The number of hydrogen-bond acceptors (Lipinski definition) is 3. The van der Waals surface area contributed by atoms with Crippen molar-refractivity contribution in [2.24, 2.45) is 0 Å². The summed E-state index contributed by atoms with van der Waals surface area (Å²) in [5.41, 5.74) is 0.692. The van der Waals surface area contributed by atoms with Crippen LogP contribution in [0.25, 0.3) is 0 Å². The second-order valence-electron chi connectivity index (χ2n) is 3.40. The highest BCUT2D eigenvalue weighted by molar-refractivity contribution is 5.75. The molecule has 1 aromatic carbocycles. The number of hydrogen-bond donors (Lipinski definition) is 1. The van der Waals surface area contributed by atoms with Gasteiger partial charge in [0.25, 0.3) is 0 Å². The Morgan fingerprint density at radius 1 is 1.40 bits per heavy atom. The van der Waals surface area contributed by atoms with Gasteiger partial charge in [0.15, 0.2) is 0 Å². The summed E-state index contributed by atoms with van der Waals surface area (Å²) in [7, 11) is 0. The summed E-state index contributed by atoms with van der Waals surface area (Å²) in [6.07, 6.45) is -0.118. The summed E-state index contributed by atoms with van der Waals surface area (Å²) in [5, 5.41) is 2.84. The van der Waals surface area contributed by atoms with Crippen molar-refractivity contribution in [2.75, 3.05) is 11.9 Å². The van der Waals surface area contributed by atoms with Crippen LogP contribution in [0, 0.1) is 5.82 Å². The molecule has 0 unspecified atom stereocenters. The van der Waals surface area contributed by atoms with Crippen molar-refractivity contribution in [3.8, 4) is 0 Å². The number of halogens is 1. The van der Waals surface area contributed by atoms with Crippen LogP contribution in [-0.2, 0) is 9.53 Å². The SMILES string of the molecule is CC(C)OC(=O)CNc1ccc(F)cc1. The Morgan fingerprint density at radius 3 is 2.53 bits per heavy atom. The number of carbonyl (C=O) groups excluding carboxylic acids is 1. The fraction of sp³-hybridized carbons (Fsp3) is 0.364. The molecular formula is C11H14FNO2. The molecule has 4 heteroatoms. The van der Waals surface area contributed by atoms with Crippen molar-refractivity contribution >= 4 is 11.7 Å². The first-order chi connectivity index (χ1) is 7.08. The van der Waals surface area contributed by atoms with Crippen LogP contribution in [0.5, 0.6) is 0 Å². The average molecular weight is 211 g/mol. The molecule has 0 aromatic heterocycles. The number of carbonyl (C=O) groups is 1. The predicted octanol–water partition coefficient (Wildman–Crippen LogP) is 2.19. The molecule has 0 heterocycles. The van der Waals surface area contributed by atoms with Crippen LogP contribution in [0.2, 0.25) is 0 Å². The monoisotopic (exact) mass is 211 g/mol. The van der Waals surface area contributed by atoms with E-state index in [2.05, 4.69) is 5.32 Å². The summed E-state index contributed by atoms with van der Waals surface area (Å²) in [6.45, 7) is 3.66. The van der Waals surface area contributed by atoms with Crippen molar-refractivity contribution in [3.05, 3.63) is 30.1 Å². The van der Waals surface area contributed by atoms with Crippen LogP contribution in [0.1, 0.15) is 13.8 Å². The average Bonchev–Trinajstić information content (AvgIpc) is 2.16. The summed E-state index contributed by atoms with van der Waals surface area (Å²) in [4.78, 5) is 11.1. The smallest absolute Gasteiger partial charge is 0.325 e. The Kier molecular flexibility index (Phi) is 4.09. The van der Waals surface area contributed by atoms with Gasteiger partial charge < -0.3 is 10.1 Å². The minimum Gasteiger partial charge on any atom is -0.462 e. The highest BCUT2D eigenvalue weighted by Gasteiger charge is 2.04. The minimum atomic E-state index is -0.325. The molecule has 0 fully saturated rings. The highest BCUT2D eigenvalue weighted by Crippen LogP contribution is 2.07. The largest absolute Gasteiger partial charge is 0.462 e. The van der Waals surface area contributed by atoms with E-state index in [1.54, 1.807) is 26.0 Å². The van der Waals surface area contributed by atoms with Gasteiger partial charge in [0.2, 0.25) is 0 Å². The molecule has 0 atom stereocenters. The summed E-state index contributed by atoms with van der Waals surface area (Å²) < 4.78 is 17.5. The lowest BCUT2D eigenvalue weighted by molar-refractivity contribution is -0.145. The number of esters is 1. The second kappa shape index (κ2) is 5.34. The third-order valence-corrected chi connectivity index (χ3v) is 1.65. The van der Waals surface area contributed by atoms with Gasteiger partial charge in [-0.25, -0.2) is 4.39 Å². The molecule has 0 aliphatic carbocycles. The Labute approximate surface area is 88.2 Å². The van der Waals surface area contributed by atoms with Crippen molar-refractivity contribution in [1.29, 1.82) is 0 Å². The van der Waals surface area contributed by atoms with E-state index in [9.17, 15) is 9.18 Å². The lowest BCUT2D eigenvalue weighted by atomic mass is 10.3.